The molecule has 0 amide bonds. The summed E-state index contributed by atoms with van der Waals surface area (Å²) in [5, 5.41) is 0. The van der Waals surface area contributed by atoms with Crippen LogP contribution in [0.15, 0.2) is 42.6 Å². The molecule has 1 atom stereocenters. The topological polar surface area (TPSA) is 101 Å². The van der Waals surface area contributed by atoms with Crippen molar-refractivity contribution in [1.29, 1.82) is 0 Å². The molecule has 0 bridgehead atoms. The van der Waals surface area contributed by atoms with Crippen LogP contribution in [0.3, 0.4) is 0 Å². The van der Waals surface area contributed by atoms with E-state index in [1.54, 1.807) is 30.3 Å². The quantitative estimate of drug-likeness (QED) is 0.341. The van der Waals surface area contributed by atoms with Crippen molar-refractivity contribution in [2.75, 3.05) is 13.7 Å². The maximum Gasteiger partial charge on any atom is 0.232 e. The van der Waals surface area contributed by atoms with E-state index in [1.807, 2.05) is 0 Å². The molecular weight excluding hydrogens is 385 g/mol. The number of carbonyl (C=O) groups excluding carboxylic acids is 1. The number of rotatable bonds is 8. The molecule has 2 N–H and O–H groups in total. The first kappa shape index (κ1) is 20.0. The SMILES string of the molecule is COc1cnc2ccc(C(=O)c3cccc(CCCNS(=O)O)c3F)cc2n1. The monoisotopic (exact) mass is 403 g/mol. The molecule has 0 saturated heterocycles. The van der Waals surface area contributed by atoms with Crippen molar-refractivity contribution in [3.63, 3.8) is 0 Å². The van der Waals surface area contributed by atoms with Gasteiger partial charge in [0.15, 0.2) is 5.78 Å². The lowest BCUT2D eigenvalue weighted by molar-refractivity contribution is 0.103. The molecule has 0 fully saturated rings. The summed E-state index contributed by atoms with van der Waals surface area (Å²) in [5.74, 6) is -0.724. The second-order valence-electron chi connectivity index (χ2n) is 5.97. The van der Waals surface area contributed by atoms with E-state index in [-0.39, 0.29) is 12.1 Å². The Bertz CT molecular complexity index is 1040. The lowest BCUT2D eigenvalue weighted by Gasteiger charge is -2.09. The van der Waals surface area contributed by atoms with E-state index < -0.39 is 22.9 Å². The summed E-state index contributed by atoms with van der Waals surface area (Å²) < 4.78 is 41.5. The Kier molecular flexibility index (Phi) is 6.40. The molecule has 1 unspecified atom stereocenters. The van der Waals surface area contributed by atoms with Crippen molar-refractivity contribution in [3.8, 4) is 5.88 Å². The van der Waals surface area contributed by atoms with E-state index in [9.17, 15) is 13.4 Å². The molecule has 1 heterocycles. The number of hydrogen-bond donors (Lipinski definition) is 2. The first-order valence-electron chi connectivity index (χ1n) is 8.47. The number of halogens is 1. The molecule has 0 aliphatic rings. The fourth-order valence-corrected chi connectivity index (χ4v) is 3.10. The molecule has 0 spiro atoms. The molecule has 0 saturated carbocycles. The van der Waals surface area contributed by atoms with Crippen molar-refractivity contribution < 1.29 is 22.7 Å². The lowest BCUT2D eigenvalue weighted by Crippen LogP contribution is -2.18. The number of nitrogens with zero attached hydrogens (tertiary/aromatic N) is 2. The predicted octanol–water partition coefficient (Wildman–Crippen LogP) is 2.67. The molecule has 0 radical (unpaired) electrons. The Morgan fingerprint density at radius 1 is 1.29 bits per heavy atom. The molecular formula is C19H18FN3O4S. The molecule has 28 heavy (non-hydrogen) atoms. The minimum absolute atomic E-state index is 0.0357. The summed E-state index contributed by atoms with van der Waals surface area (Å²) in [6.45, 7) is 0.256. The Labute approximate surface area is 163 Å². The van der Waals surface area contributed by atoms with Crippen LogP contribution in [0.5, 0.6) is 5.88 Å². The van der Waals surface area contributed by atoms with Crippen molar-refractivity contribution in [2.24, 2.45) is 0 Å². The number of ether oxygens (including phenoxy) is 1. The maximum absolute atomic E-state index is 14.8. The van der Waals surface area contributed by atoms with Gasteiger partial charge in [-0.2, -0.15) is 0 Å². The fraction of sp³-hybridized carbons (Fsp3) is 0.211. The highest BCUT2D eigenvalue weighted by molar-refractivity contribution is 7.77. The molecule has 146 valence electrons. The average Bonchev–Trinajstić information content (AvgIpc) is 2.70. The first-order chi connectivity index (χ1) is 13.5. The van der Waals surface area contributed by atoms with Gasteiger partial charge in [0, 0.05) is 12.1 Å². The number of aryl methyl sites for hydroxylation is 1. The Morgan fingerprint density at radius 3 is 2.86 bits per heavy atom. The Balaban J connectivity index is 1.84. The third-order valence-electron chi connectivity index (χ3n) is 4.16. The van der Waals surface area contributed by atoms with Crippen molar-refractivity contribution in [2.45, 2.75) is 12.8 Å². The largest absolute Gasteiger partial charge is 0.480 e. The Hall–Kier alpha value is -2.75. The molecule has 9 heteroatoms. The van der Waals surface area contributed by atoms with Gasteiger partial charge in [0.1, 0.15) is 5.82 Å². The van der Waals surface area contributed by atoms with Gasteiger partial charge in [0.2, 0.25) is 17.1 Å². The van der Waals surface area contributed by atoms with Crippen molar-refractivity contribution in [1.82, 2.24) is 14.7 Å². The van der Waals surface area contributed by atoms with Crippen LogP contribution in [-0.2, 0) is 17.7 Å². The fourth-order valence-electron chi connectivity index (χ4n) is 2.78. The van der Waals surface area contributed by atoms with Crippen LogP contribution in [0.2, 0.25) is 0 Å². The van der Waals surface area contributed by atoms with Gasteiger partial charge in [0.25, 0.3) is 0 Å². The van der Waals surface area contributed by atoms with Crippen LogP contribution in [0.4, 0.5) is 4.39 Å². The van der Waals surface area contributed by atoms with Crippen LogP contribution in [0.25, 0.3) is 11.0 Å². The number of fused-ring (bicyclic) bond motifs is 1. The summed E-state index contributed by atoms with van der Waals surface area (Å²) in [5.41, 5.74) is 1.71. The maximum atomic E-state index is 14.8. The number of nitrogens with one attached hydrogen (secondary N) is 1. The zero-order valence-corrected chi connectivity index (χ0v) is 15.8. The van der Waals surface area contributed by atoms with E-state index in [2.05, 4.69) is 14.7 Å². The van der Waals surface area contributed by atoms with Crippen molar-refractivity contribution in [3.05, 3.63) is 65.1 Å². The van der Waals surface area contributed by atoms with E-state index in [0.717, 1.165) is 0 Å². The third kappa shape index (κ3) is 4.56. The first-order valence-corrected chi connectivity index (χ1v) is 9.57. The summed E-state index contributed by atoms with van der Waals surface area (Å²) in [6, 6.07) is 9.44. The summed E-state index contributed by atoms with van der Waals surface area (Å²) >= 11 is -2.10. The highest BCUT2D eigenvalue weighted by Crippen LogP contribution is 2.21. The van der Waals surface area contributed by atoms with Crippen LogP contribution in [0.1, 0.15) is 27.9 Å². The van der Waals surface area contributed by atoms with Gasteiger partial charge >= 0.3 is 0 Å². The molecule has 1 aromatic heterocycles. The van der Waals surface area contributed by atoms with Crippen LogP contribution < -0.4 is 9.46 Å². The number of aromatic nitrogens is 2. The van der Waals surface area contributed by atoms with Crippen molar-refractivity contribution >= 4 is 28.1 Å². The number of methoxy groups -OCH3 is 1. The van der Waals surface area contributed by atoms with Gasteiger partial charge in [-0.1, -0.05) is 12.1 Å². The normalized spacial score (nSPS) is 12.1. The summed E-state index contributed by atoms with van der Waals surface area (Å²) in [4.78, 5) is 21.3. The number of ketones is 1. The molecule has 0 aliphatic carbocycles. The van der Waals surface area contributed by atoms with Gasteiger partial charge in [-0.25, -0.2) is 23.3 Å². The average molecular weight is 403 g/mol. The van der Waals surface area contributed by atoms with Gasteiger partial charge < -0.3 is 4.74 Å². The minimum Gasteiger partial charge on any atom is -0.480 e. The molecule has 7 nitrogen and oxygen atoms in total. The number of carbonyl (C=O) groups is 1. The smallest absolute Gasteiger partial charge is 0.232 e. The second-order valence-corrected chi connectivity index (χ2v) is 6.76. The molecule has 2 aromatic carbocycles. The van der Waals surface area contributed by atoms with Crippen LogP contribution >= 0.6 is 0 Å². The van der Waals surface area contributed by atoms with E-state index in [0.29, 0.717) is 40.9 Å². The Morgan fingerprint density at radius 2 is 2.11 bits per heavy atom. The minimum atomic E-state index is -2.10. The summed E-state index contributed by atoms with van der Waals surface area (Å²) in [7, 11) is 1.47. The van der Waals surface area contributed by atoms with Gasteiger partial charge in [-0.15, -0.1) is 0 Å². The van der Waals surface area contributed by atoms with E-state index in [1.165, 1.54) is 19.4 Å². The zero-order chi connectivity index (χ0) is 20.1. The molecule has 3 rings (SSSR count). The van der Waals surface area contributed by atoms with Gasteiger partial charge in [-0.3, -0.25) is 9.35 Å². The molecule has 0 aliphatic heterocycles. The highest BCUT2D eigenvalue weighted by atomic mass is 32.2. The highest BCUT2D eigenvalue weighted by Gasteiger charge is 2.17. The van der Waals surface area contributed by atoms with Gasteiger partial charge in [0.05, 0.1) is 29.9 Å². The van der Waals surface area contributed by atoms with Crippen LogP contribution in [0, 0.1) is 5.82 Å². The number of hydrogen-bond acceptors (Lipinski definition) is 5. The van der Waals surface area contributed by atoms with Gasteiger partial charge in [-0.05, 0) is 42.7 Å². The predicted molar refractivity (Wildman–Crippen MR) is 103 cm³/mol. The number of benzene rings is 2. The van der Waals surface area contributed by atoms with E-state index in [4.69, 9.17) is 9.29 Å². The standard InChI is InChI=1S/C19H18FN3O4S/c1-27-17-11-21-15-8-7-13(10-16(15)23-17)19(24)14-6-2-4-12(18(14)20)5-3-9-22-28(25)26/h2,4,6-8,10-11,22H,3,5,9H2,1H3,(H,25,26). The third-order valence-corrected chi connectivity index (χ3v) is 4.61. The second kappa shape index (κ2) is 8.96. The van der Waals surface area contributed by atoms with E-state index >= 15 is 0 Å². The zero-order valence-electron chi connectivity index (χ0n) is 15.0. The molecule has 3 aromatic rings. The van der Waals surface area contributed by atoms with Crippen LogP contribution in [-0.4, -0.2) is 38.2 Å². The summed E-state index contributed by atoms with van der Waals surface area (Å²) in [6.07, 6.45) is 2.26. The lowest BCUT2D eigenvalue weighted by atomic mass is 9.98.